The zero-order valence-corrected chi connectivity index (χ0v) is 16.0. The summed E-state index contributed by atoms with van der Waals surface area (Å²) in [7, 11) is 0. The van der Waals surface area contributed by atoms with Crippen LogP contribution in [0.5, 0.6) is 0 Å². The first-order valence-electron chi connectivity index (χ1n) is 9.65. The predicted molar refractivity (Wildman–Crippen MR) is 107 cm³/mol. The molecule has 0 spiro atoms. The van der Waals surface area contributed by atoms with E-state index in [9.17, 15) is 9.59 Å². The van der Waals surface area contributed by atoms with E-state index in [-0.39, 0.29) is 11.8 Å². The number of likely N-dealkylation sites (tertiary alicyclic amines) is 1. The summed E-state index contributed by atoms with van der Waals surface area (Å²) < 4.78 is 1.96. The highest BCUT2D eigenvalue weighted by Gasteiger charge is 2.33. The molecule has 1 aliphatic heterocycles. The number of carbonyl (C=O) groups is 2. The van der Waals surface area contributed by atoms with Gasteiger partial charge in [0, 0.05) is 18.9 Å². The SMILES string of the molecule is Cc1ccc2nc(CNC(=O)C3CCCN3C(=O)Cc3ccccc3)cn2c1. The summed E-state index contributed by atoms with van der Waals surface area (Å²) in [5.41, 5.74) is 3.78. The minimum Gasteiger partial charge on any atom is -0.349 e. The van der Waals surface area contributed by atoms with Crippen molar-refractivity contribution in [3.05, 3.63) is 71.7 Å². The van der Waals surface area contributed by atoms with Gasteiger partial charge in [-0.15, -0.1) is 0 Å². The van der Waals surface area contributed by atoms with E-state index in [0.717, 1.165) is 28.9 Å². The van der Waals surface area contributed by atoms with Gasteiger partial charge in [0.2, 0.25) is 11.8 Å². The predicted octanol–water partition coefficient (Wildman–Crippen LogP) is 2.49. The molecule has 0 aliphatic carbocycles. The van der Waals surface area contributed by atoms with Crippen LogP contribution in [0.1, 0.15) is 29.7 Å². The fourth-order valence-corrected chi connectivity index (χ4v) is 3.75. The van der Waals surface area contributed by atoms with E-state index in [1.807, 2.05) is 66.2 Å². The smallest absolute Gasteiger partial charge is 0.243 e. The van der Waals surface area contributed by atoms with Gasteiger partial charge >= 0.3 is 0 Å². The number of hydrogen-bond acceptors (Lipinski definition) is 3. The Morgan fingerprint density at radius 1 is 1.14 bits per heavy atom. The number of aromatic nitrogens is 2. The maximum Gasteiger partial charge on any atom is 0.243 e. The second kappa shape index (κ2) is 7.84. The van der Waals surface area contributed by atoms with Crippen molar-refractivity contribution in [1.82, 2.24) is 19.6 Å². The Bertz CT molecular complexity index is 996. The van der Waals surface area contributed by atoms with E-state index < -0.39 is 6.04 Å². The number of rotatable bonds is 5. The lowest BCUT2D eigenvalue weighted by Gasteiger charge is -2.24. The molecule has 2 amide bonds. The number of benzene rings is 1. The third kappa shape index (κ3) is 3.91. The molecule has 2 aromatic heterocycles. The van der Waals surface area contributed by atoms with Gasteiger partial charge in [-0.1, -0.05) is 36.4 Å². The molecule has 3 aromatic rings. The van der Waals surface area contributed by atoms with Crippen LogP contribution in [0.2, 0.25) is 0 Å². The fraction of sp³-hybridized carbons (Fsp3) is 0.318. The molecule has 28 heavy (non-hydrogen) atoms. The zero-order valence-electron chi connectivity index (χ0n) is 16.0. The van der Waals surface area contributed by atoms with Gasteiger partial charge in [0.1, 0.15) is 11.7 Å². The number of fused-ring (bicyclic) bond motifs is 1. The Morgan fingerprint density at radius 2 is 1.96 bits per heavy atom. The maximum atomic E-state index is 12.7. The Kier molecular flexibility index (Phi) is 5.10. The van der Waals surface area contributed by atoms with Crippen LogP contribution in [0.4, 0.5) is 0 Å². The lowest BCUT2D eigenvalue weighted by molar-refractivity contribution is -0.138. The summed E-state index contributed by atoms with van der Waals surface area (Å²) in [6, 6.07) is 13.2. The van der Waals surface area contributed by atoms with E-state index in [4.69, 9.17) is 0 Å². The van der Waals surface area contributed by atoms with Crippen molar-refractivity contribution in [3.63, 3.8) is 0 Å². The third-order valence-electron chi connectivity index (χ3n) is 5.17. The first kappa shape index (κ1) is 18.2. The molecule has 6 nitrogen and oxygen atoms in total. The van der Waals surface area contributed by atoms with E-state index in [1.54, 1.807) is 4.90 Å². The summed E-state index contributed by atoms with van der Waals surface area (Å²) in [6.07, 6.45) is 5.82. The minimum atomic E-state index is -0.393. The van der Waals surface area contributed by atoms with Crippen molar-refractivity contribution >= 4 is 17.5 Å². The molecule has 144 valence electrons. The van der Waals surface area contributed by atoms with E-state index in [2.05, 4.69) is 10.3 Å². The highest BCUT2D eigenvalue weighted by Crippen LogP contribution is 2.19. The van der Waals surface area contributed by atoms with Crippen LogP contribution < -0.4 is 5.32 Å². The Balaban J connectivity index is 1.38. The summed E-state index contributed by atoms with van der Waals surface area (Å²) in [6.45, 7) is 3.02. The molecule has 1 saturated heterocycles. The maximum absolute atomic E-state index is 12.7. The van der Waals surface area contributed by atoms with E-state index in [1.165, 1.54) is 0 Å². The van der Waals surface area contributed by atoms with Crippen molar-refractivity contribution < 1.29 is 9.59 Å². The standard InChI is InChI=1S/C22H24N4O2/c1-16-9-10-20-24-18(15-25(20)14-16)13-23-22(28)19-8-5-11-26(19)21(27)12-17-6-3-2-4-7-17/h2-4,6-7,9-10,14-15,19H,5,8,11-13H2,1H3,(H,23,28). The molecular formula is C22H24N4O2. The molecule has 1 aromatic carbocycles. The highest BCUT2D eigenvalue weighted by molar-refractivity contribution is 5.89. The van der Waals surface area contributed by atoms with Crippen molar-refractivity contribution in [3.8, 4) is 0 Å². The number of hydrogen-bond donors (Lipinski definition) is 1. The van der Waals surface area contributed by atoms with Gasteiger partial charge in [-0.25, -0.2) is 4.98 Å². The number of nitrogens with one attached hydrogen (secondary N) is 1. The molecule has 3 heterocycles. The van der Waals surface area contributed by atoms with Crippen molar-refractivity contribution in [1.29, 1.82) is 0 Å². The molecule has 6 heteroatoms. The minimum absolute atomic E-state index is 0.00653. The molecule has 0 radical (unpaired) electrons. The number of amides is 2. The quantitative estimate of drug-likeness (QED) is 0.744. The Morgan fingerprint density at radius 3 is 2.79 bits per heavy atom. The van der Waals surface area contributed by atoms with Crippen LogP contribution in [0.15, 0.2) is 54.9 Å². The molecular weight excluding hydrogens is 352 g/mol. The molecule has 1 unspecified atom stereocenters. The topological polar surface area (TPSA) is 66.7 Å². The average Bonchev–Trinajstić information content (AvgIpc) is 3.33. The number of aryl methyl sites for hydroxylation is 1. The van der Waals surface area contributed by atoms with Crippen LogP contribution in [0.3, 0.4) is 0 Å². The van der Waals surface area contributed by atoms with E-state index >= 15 is 0 Å². The first-order valence-corrected chi connectivity index (χ1v) is 9.65. The van der Waals surface area contributed by atoms with Crippen LogP contribution in [0.25, 0.3) is 5.65 Å². The second-order valence-corrected chi connectivity index (χ2v) is 7.33. The van der Waals surface area contributed by atoms with Crippen LogP contribution >= 0.6 is 0 Å². The summed E-state index contributed by atoms with van der Waals surface area (Å²) in [5.74, 6) is -0.0980. The lowest BCUT2D eigenvalue weighted by atomic mass is 10.1. The molecule has 1 aliphatic rings. The summed E-state index contributed by atoms with van der Waals surface area (Å²) in [4.78, 5) is 31.6. The molecule has 0 saturated carbocycles. The van der Waals surface area contributed by atoms with Gasteiger partial charge in [-0.05, 0) is 37.0 Å². The second-order valence-electron chi connectivity index (χ2n) is 7.33. The van der Waals surface area contributed by atoms with Gasteiger partial charge < -0.3 is 14.6 Å². The first-order chi connectivity index (χ1) is 13.6. The number of nitrogens with zero attached hydrogens (tertiary/aromatic N) is 3. The van der Waals surface area contributed by atoms with Gasteiger partial charge in [-0.2, -0.15) is 0 Å². The van der Waals surface area contributed by atoms with Crippen molar-refractivity contribution in [2.45, 2.75) is 38.8 Å². The van der Waals surface area contributed by atoms with Crippen LogP contribution in [-0.2, 0) is 22.6 Å². The van der Waals surface area contributed by atoms with Crippen molar-refractivity contribution in [2.24, 2.45) is 0 Å². The van der Waals surface area contributed by atoms with Crippen molar-refractivity contribution in [2.75, 3.05) is 6.54 Å². The largest absolute Gasteiger partial charge is 0.349 e. The van der Waals surface area contributed by atoms with Gasteiger partial charge in [0.25, 0.3) is 0 Å². The Labute approximate surface area is 164 Å². The number of imidazole rings is 1. The normalized spacial score (nSPS) is 16.5. The van der Waals surface area contributed by atoms with Crippen LogP contribution in [-0.4, -0.2) is 38.7 Å². The lowest BCUT2D eigenvalue weighted by Crippen LogP contribution is -2.46. The summed E-state index contributed by atoms with van der Waals surface area (Å²) in [5, 5.41) is 2.96. The summed E-state index contributed by atoms with van der Waals surface area (Å²) >= 11 is 0. The monoisotopic (exact) mass is 376 g/mol. The molecule has 1 fully saturated rings. The highest BCUT2D eigenvalue weighted by atomic mass is 16.2. The zero-order chi connectivity index (χ0) is 19.5. The molecule has 1 N–H and O–H groups in total. The third-order valence-corrected chi connectivity index (χ3v) is 5.17. The van der Waals surface area contributed by atoms with Gasteiger partial charge in [0.05, 0.1) is 18.7 Å². The van der Waals surface area contributed by atoms with Crippen LogP contribution in [0, 0.1) is 6.92 Å². The number of carbonyl (C=O) groups excluding carboxylic acids is 2. The fourth-order valence-electron chi connectivity index (χ4n) is 3.75. The molecule has 1 atom stereocenters. The van der Waals surface area contributed by atoms with E-state index in [0.29, 0.717) is 25.9 Å². The van der Waals surface area contributed by atoms with Gasteiger partial charge in [-0.3, -0.25) is 9.59 Å². The average molecular weight is 376 g/mol. The Hall–Kier alpha value is -3.15. The molecule has 0 bridgehead atoms. The number of pyridine rings is 1. The molecule has 4 rings (SSSR count). The van der Waals surface area contributed by atoms with Gasteiger partial charge in [0.15, 0.2) is 0 Å².